The van der Waals surface area contributed by atoms with Crippen LogP contribution in [0.15, 0.2) is 40.9 Å². The van der Waals surface area contributed by atoms with Crippen LogP contribution in [0.5, 0.6) is 5.75 Å². The Balaban J connectivity index is 2.17. The molecular weight excluding hydrogens is 349 g/mol. The molecule has 21 heavy (non-hydrogen) atoms. The lowest BCUT2D eigenvalue weighted by Gasteiger charge is -2.14. The zero-order valence-electron chi connectivity index (χ0n) is 10.9. The molecule has 0 aliphatic rings. The maximum Gasteiger partial charge on any atom is 0.203 e. The summed E-state index contributed by atoms with van der Waals surface area (Å²) in [5.74, 6) is -3.04. The number of ketones is 1. The minimum atomic E-state index is -1.11. The average molecular weight is 359 g/mol. The highest BCUT2D eigenvalue weighted by atomic mass is 79.9. The van der Waals surface area contributed by atoms with Crippen LogP contribution in [0.1, 0.15) is 17.3 Å². The molecule has 0 N–H and O–H groups in total. The van der Waals surface area contributed by atoms with Crippen molar-refractivity contribution < 1.29 is 22.7 Å². The standard InChI is InChI=1S/C15H10BrF3O2/c1-8(21-12-6-10(16)5-11(17)7-12)15(20)9-2-3-13(18)14(19)4-9/h2-8H,1H3. The van der Waals surface area contributed by atoms with Crippen LogP contribution in [-0.4, -0.2) is 11.9 Å². The fourth-order valence-electron chi connectivity index (χ4n) is 1.74. The minimum Gasteiger partial charge on any atom is -0.482 e. The second-order valence-corrected chi connectivity index (χ2v) is 5.27. The van der Waals surface area contributed by atoms with Crippen LogP contribution in [0.2, 0.25) is 0 Å². The monoisotopic (exact) mass is 358 g/mol. The van der Waals surface area contributed by atoms with Gasteiger partial charge in [-0.3, -0.25) is 4.79 Å². The third-order valence-electron chi connectivity index (χ3n) is 2.72. The fraction of sp³-hybridized carbons (Fsp3) is 0.133. The number of rotatable bonds is 4. The van der Waals surface area contributed by atoms with Crippen molar-refractivity contribution in [2.24, 2.45) is 0 Å². The van der Waals surface area contributed by atoms with Crippen LogP contribution in [-0.2, 0) is 0 Å². The third-order valence-corrected chi connectivity index (χ3v) is 3.18. The Hall–Kier alpha value is -1.82. The van der Waals surface area contributed by atoms with Gasteiger partial charge in [0.25, 0.3) is 0 Å². The molecule has 0 spiro atoms. The molecule has 0 bridgehead atoms. The summed E-state index contributed by atoms with van der Waals surface area (Å²) >= 11 is 3.11. The molecule has 1 atom stereocenters. The van der Waals surface area contributed by atoms with Gasteiger partial charge in [0.05, 0.1) is 0 Å². The number of carbonyl (C=O) groups is 1. The summed E-state index contributed by atoms with van der Waals surface area (Å²) in [7, 11) is 0. The van der Waals surface area contributed by atoms with E-state index >= 15 is 0 Å². The van der Waals surface area contributed by atoms with Crippen molar-refractivity contribution in [3.63, 3.8) is 0 Å². The number of carbonyl (C=O) groups excluding carboxylic acids is 1. The number of benzene rings is 2. The van der Waals surface area contributed by atoms with Crippen molar-refractivity contribution in [2.45, 2.75) is 13.0 Å². The van der Waals surface area contributed by atoms with Crippen LogP contribution in [0.25, 0.3) is 0 Å². The highest BCUT2D eigenvalue weighted by molar-refractivity contribution is 9.10. The maximum absolute atomic E-state index is 13.2. The summed E-state index contributed by atoms with van der Waals surface area (Å²) in [5, 5.41) is 0. The van der Waals surface area contributed by atoms with E-state index in [0.29, 0.717) is 4.47 Å². The molecule has 0 saturated heterocycles. The van der Waals surface area contributed by atoms with E-state index in [1.165, 1.54) is 25.1 Å². The molecule has 1 unspecified atom stereocenters. The molecule has 0 aromatic heterocycles. The van der Waals surface area contributed by atoms with Crippen molar-refractivity contribution in [2.75, 3.05) is 0 Å². The number of ether oxygens (including phenoxy) is 1. The number of halogens is 4. The van der Waals surface area contributed by atoms with Gasteiger partial charge in [-0.25, -0.2) is 13.2 Å². The van der Waals surface area contributed by atoms with Gasteiger partial charge < -0.3 is 4.74 Å². The SMILES string of the molecule is CC(Oc1cc(F)cc(Br)c1)C(=O)c1ccc(F)c(F)c1. The van der Waals surface area contributed by atoms with Gasteiger partial charge >= 0.3 is 0 Å². The Morgan fingerprint density at radius 1 is 1.10 bits per heavy atom. The summed E-state index contributed by atoms with van der Waals surface area (Å²) in [6.45, 7) is 1.45. The summed E-state index contributed by atoms with van der Waals surface area (Å²) in [4.78, 5) is 12.1. The topological polar surface area (TPSA) is 26.3 Å². The van der Waals surface area contributed by atoms with E-state index in [2.05, 4.69) is 15.9 Å². The quantitative estimate of drug-likeness (QED) is 0.751. The predicted octanol–water partition coefficient (Wildman–Crippen LogP) is 4.52. The number of Topliss-reactive ketones (excluding diaryl/α,β-unsaturated/α-hetero) is 1. The van der Waals surface area contributed by atoms with Gasteiger partial charge in [-0.2, -0.15) is 0 Å². The molecule has 2 rings (SSSR count). The Bertz CT molecular complexity index is 668. The van der Waals surface area contributed by atoms with Gasteiger partial charge in [-0.15, -0.1) is 0 Å². The van der Waals surface area contributed by atoms with E-state index in [0.717, 1.165) is 18.2 Å². The Labute approximate surface area is 127 Å². The molecule has 0 aliphatic heterocycles. The van der Waals surface area contributed by atoms with E-state index in [9.17, 15) is 18.0 Å². The zero-order chi connectivity index (χ0) is 15.6. The summed E-state index contributed by atoms with van der Waals surface area (Å²) in [5.41, 5.74) is -0.0168. The van der Waals surface area contributed by atoms with Gasteiger partial charge in [0.2, 0.25) is 5.78 Å². The Kier molecular flexibility index (Phi) is 4.67. The smallest absolute Gasteiger partial charge is 0.203 e. The van der Waals surface area contributed by atoms with Crippen LogP contribution in [0, 0.1) is 17.5 Å². The second-order valence-electron chi connectivity index (χ2n) is 4.36. The van der Waals surface area contributed by atoms with Gasteiger partial charge in [0.1, 0.15) is 11.6 Å². The Morgan fingerprint density at radius 2 is 1.81 bits per heavy atom. The maximum atomic E-state index is 13.2. The number of hydrogen-bond donors (Lipinski definition) is 0. The first-order valence-electron chi connectivity index (χ1n) is 5.99. The van der Waals surface area contributed by atoms with Crippen molar-refractivity contribution in [3.05, 3.63) is 63.9 Å². The van der Waals surface area contributed by atoms with Gasteiger partial charge in [-0.05, 0) is 37.3 Å². The molecule has 110 valence electrons. The molecule has 0 heterocycles. The molecule has 0 amide bonds. The number of hydrogen-bond acceptors (Lipinski definition) is 2. The fourth-order valence-corrected chi connectivity index (χ4v) is 2.18. The van der Waals surface area contributed by atoms with Gasteiger partial charge in [0.15, 0.2) is 17.7 Å². The molecule has 2 nitrogen and oxygen atoms in total. The molecule has 2 aromatic rings. The van der Waals surface area contributed by atoms with E-state index < -0.39 is 29.3 Å². The minimum absolute atomic E-state index is 0.0168. The third kappa shape index (κ3) is 3.85. The Morgan fingerprint density at radius 3 is 2.43 bits per heavy atom. The normalized spacial score (nSPS) is 12.0. The first-order chi connectivity index (χ1) is 9.86. The lowest BCUT2D eigenvalue weighted by atomic mass is 10.1. The molecule has 0 saturated carbocycles. The van der Waals surface area contributed by atoms with E-state index in [4.69, 9.17) is 4.74 Å². The van der Waals surface area contributed by atoms with E-state index in [1.807, 2.05) is 0 Å². The molecule has 0 fully saturated rings. The van der Waals surface area contributed by atoms with Gasteiger partial charge in [-0.1, -0.05) is 15.9 Å². The van der Waals surface area contributed by atoms with Crippen molar-refractivity contribution >= 4 is 21.7 Å². The largest absolute Gasteiger partial charge is 0.482 e. The second kappa shape index (κ2) is 6.30. The predicted molar refractivity (Wildman–Crippen MR) is 74.9 cm³/mol. The van der Waals surface area contributed by atoms with Crippen molar-refractivity contribution in [1.82, 2.24) is 0 Å². The van der Waals surface area contributed by atoms with Crippen LogP contribution >= 0.6 is 15.9 Å². The molecule has 6 heteroatoms. The van der Waals surface area contributed by atoms with Crippen molar-refractivity contribution in [3.8, 4) is 5.75 Å². The van der Waals surface area contributed by atoms with Crippen LogP contribution < -0.4 is 4.74 Å². The highest BCUT2D eigenvalue weighted by Crippen LogP contribution is 2.22. The summed E-state index contributed by atoms with van der Waals surface area (Å²) < 4.78 is 44.9. The van der Waals surface area contributed by atoms with Crippen molar-refractivity contribution in [1.29, 1.82) is 0 Å². The first kappa shape index (κ1) is 15.6. The average Bonchev–Trinajstić information content (AvgIpc) is 2.39. The first-order valence-corrected chi connectivity index (χ1v) is 6.78. The van der Waals surface area contributed by atoms with Crippen LogP contribution in [0.4, 0.5) is 13.2 Å². The highest BCUT2D eigenvalue weighted by Gasteiger charge is 2.19. The molecule has 2 aromatic carbocycles. The zero-order valence-corrected chi connectivity index (χ0v) is 12.5. The molecule has 0 radical (unpaired) electrons. The van der Waals surface area contributed by atoms with E-state index in [1.54, 1.807) is 0 Å². The van der Waals surface area contributed by atoms with Crippen LogP contribution in [0.3, 0.4) is 0 Å². The lowest BCUT2D eigenvalue weighted by molar-refractivity contribution is 0.0817. The van der Waals surface area contributed by atoms with Gasteiger partial charge in [0, 0.05) is 16.1 Å². The molecular formula is C15H10BrF3O2. The lowest BCUT2D eigenvalue weighted by Crippen LogP contribution is -2.24. The van der Waals surface area contributed by atoms with E-state index in [-0.39, 0.29) is 11.3 Å². The summed E-state index contributed by atoms with van der Waals surface area (Å²) in [6.07, 6.45) is -0.969. The summed E-state index contributed by atoms with van der Waals surface area (Å²) in [6, 6.07) is 6.71. The molecule has 0 aliphatic carbocycles.